The van der Waals surface area contributed by atoms with Crippen LogP contribution in [-0.4, -0.2) is 27.0 Å². The van der Waals surface area contributed by atoms with E-state index < -0.39 is 47.2 Å². The summed E-state index contributed by atoms with van der Waals surface area (Å²) in [4.78, 5) is 21.8. The van der Waals surface area contributed by atoms with Crippen LogP contribution in [0.1, 0.15) is 30.0 Å². The Balaban J connectivity index is 2.05. The number of rotatable bonds is 8. The van der Waals surface area contributed by atoms with Crippen LogP contribution in [0.2, 0.25) is 0 Å². The Kier molecular flexibility index (Phi) is 5.47. The Bertz CT molecular complexity index is 953. The van der Waals surface area contributed by atoms with Gasteiger partial charge in [-0.15, -0.1) is 4.91 Å². The van der Waals surface area contributed by atoms with E-state index in [4.69, 9.17) is 10.9 Å². The first-order chi connectivity index (χ1) is 13.3. The van der Waals surface area contributed by atoms with Gasteiger partial charge >= 0.3 is 0 Å². The number of aromatic amines is 1. The number of benzene rings is 1. The van der Waals surface area contributed by atoms with Crippen molar-refractivity contribution in [3.05, 3.63) is 40.2 Å². The van der Waals surface area contributed by atoms with Gasteiger partial charge in [-0.2, -0.15) is 5.10 Å². The number of hydrogen-bond donors (Lipinski definition) is 3. The average molecular weight is 416 g/mol. The third kappa shape index (κ3) is 3.62. The second-order valence-corrected chi connectivity index (χ2v) is 7.14. The second kappa shape index (κ2) is 7.67. The van der Waals surface area contributed by atoms with Crippen molar-refractivity contribution >= 4 is 22.8 Å². The highest BCUT2D eigenvalue weighted by atomic mass is 32.2. The summed E-state index contributed by atoms with van der Waals surface area (Å²) in [6, 6.07) is 3.49. The number of hydrogen-bond acceptors (Lipinski definition) is 5. The largest absolute Gasteiger partial charge is 0.369 e. The molecule has 3 unspecified atom stereocenters. The van der Waals surface area contributed by atoms with E-state index in [1.807, 2.05) is 0 Å². The van der Waals surface area contributed by atoms with Gasteiger partial charge in [0.2, 0.25) is 5.91 Å². The number of nitrogens with two attached hydrogens (primary N) is 2. The van der Waals surface area contributed by atoms with E-state index in [1.54, 1.807) is 0 Å². The highest BCUT2D eigenvalue weighted by molar-refractivity contribution is 7.84. The molecule has 1 heterocycles. The van der Waals surface area contributed by atoms with Gasteiger partial charge in [-0.05, 0) is 23.7 Å². The summed E-state index contributed by atoms with van der Waals surface area (Å²) in [5, 5.41) is 14.3. The van der Waals surface area contributed by atoms with Gasteiger partial charge < -0.3 is 5.73 Å². The predicted octanol–water partition coefficient (Wildman–Crippen LogP) is 1.81. The third-order valence-corrected chi connectivity index (χ3v) is 5.20. The average Bonchev–Trinajstić information content (AvgIpc) is 3.30. The fourth-order valence-corrected chi connectivity index (χ4v) is 3.52. The normalized spacial score (nSPS) is 19.5. The van der Waals surface area contributed by atoms with Gasteiger partial charge in [0.15, 0.2) is 23.7 Å². The molecule has 13 heteroatoms. The molecule has 0 radical (unpaired) electrons. The molecule has 1 aliphatic rings. The van der Waals surface area contributed by atoms with E-state index in [-0.39, 0.29) is 23.1 Å². The Morgan fingerprint density at radius 1 is 1.46 bits per heavy atom. The molecule has 1 aliphatic carbocycles. The van der Waals surface area contributed by atoms with Crippen LogP contribution in [0.25, 0.3) is 11.3 Å². The number of nitrogens with zero attached hydrogens (tertiary/aromatic N) is 3. The molecule has 150 valence electrons. The molecule has 1 amide bonds. The number of alkyl halides is 2. The van der Waals surface area contributed by atoms with Crippen molar-refractivity contribution in [2.45, 2.75) is 18.8 Å². The van der Waals surface area contributed by atoms with Crippen LogP contribution in [0, 0.1) is 16.6 Å². The van der Waals surface area contributed by atoms with Gasteiger partial charge in [-0.25, -0.2) is 22.5 Å². The summed E-state index contributed by atoms with van der Waals surface area (Å²) in [6.07, 6.45) is -2.59. The Morgan fingerprint density at radius 2 is 2.18 bits per heavy atom. The maximum Gasteiger partial charge on any atom is 0.265 e. The number of nitrogens with one attached hydrogen (secondary N) is 1. The van der Waals surface area contributed by atoms with E-state index in [0.29, 0.717) is 16.4 Å². The molecule has 2 aromatic rings. The van der Waals surface area contributed by atoms with Crippen LogP contribution in [0.5, 0.6) is 0 Å². The lowest BCUT2D eigenvalue weighted by Crippen LogP contribution is -2.32. The summed E-state index contributed by atoms with van der Waals surface area (Å²) >= 11 is -2.47. The number of H-pyrrole nitrogens is 1. The summed E-state index contributed by atoms with van der Waals surface area (Å²) in [7, 11) is 0. The summed E-state index contributed by atoms with van der Waals surface area (Å²) < 4.78 is 53.9. The van der Waals surface area contributed by atoms with Gasteiger partial charge in [0.05, 0.1) is 11.4 Å². The topological polar surface area (TPSA) is 148 Å². The molecule has 0 spiro atoms. The van der Waals surface area contributed by atoms with E-state index in [1.165, 1.54) is 6.07 Å². The molecule has 0 bridgehead atoms. The first-order valence-electron chi connectivity index (χ1n) is 7.94. The van der Waals surface area contributed by atoms with Gasteiger partial charge in [0.25, 0.3) is 6.43 Å². The van der Waals surface area contributed by atoms with Crippen molar-refractivity contribution in [3.8, 4) is 11.3 Å². The highest BCUT2D eigenvalue weighted by Crippen LogP contribution is 2.47. The molecule has 3 rings (SSSR count). The standard InChI is InChI=1S/C15H15F3N6O3S/c16-12-6(10-4-11(23-22-10)8-3-9(8)15(19)25)1-2-7(14(17)18)13(12)24(5-21-26)28(20)27/h1-2,4,8-9,14H,3,5,20H2,(H2,19,25)(H,22,23). The maximum absolute atomic E-state index is 15.1. The molecule has 0 aliphatic heterocycles. The zero-order valence-electron chi connectivity index (χ0n) is 14.1. The number of carbonyl (C=O) groups is 1. The first kappa shape index (κ1) is 19.9. The van der Waals surface area contributed by atoms with E-state index in [9.17, 15) is 22.7 Å². The van der Waals surface area contributed by atoms with Gasteiger partial charge in [-0.3, -0.25) is 14.2 Å². The van der Waals surface area contributed by atoms with Crippen molar-refractivity contribution in [2.75, 3.05) is 11.0 Å². The number of primary amides is 1. The van der Waals surface area contributed by atoms with E-state index in [2.05, 4.69) is 15.4 Å². The number of amides is 1. The Labute approximate surface area is 159 Å². The minimum Gasteiger partial charge on any atom is -0.369 e. The summed E-state index contributed by atoms with van der Waals surface area (Å²) in [6.45, 7) is -0.891. The minimum atomic E-state index is -3.12. The van der Waals surface area contributed by atoms with Crippen LogP contribution >= 0.6 is 0 Å². The van der Waals surface area contributed by atoms with Crippen LogP contribution in [0.4, 0.5) is 18.9 Å². The lowest BCUT2D eigenvalue weighted by molar-refractivity contribution is -0.119. The molecular weight excluding hydrogens is 401 g/mol. The molecule has 1 saturated carbocycles. The van der Waals surface area contributed by atoms with Crippen LogP contribution < -0.4 is 15.2 Å². The van der Waals surface area contributed by atoms with Crippen LogP contribution in [-0.2, 0) is 16.0 Å². The van der Waals surface area contributed by atoms with E-state index >= 15 is 4.39 Å². The number of carbonyl (C=O) groups excluding carboxylic acids is 1. The van der Waals surface area contributed by atoms with Crippen LogP contribution in [0.15, 0.2) is 23.4 Å². The van der Waals surface area contributed by atoms with Crippen molar-refractivity contribution in [1.82, 2.24) is 10.2 Å². The second-order valence-electron chi connectivity index (χ2n) is 6.15. The zero-order chi connectivity index (χ0) is 20.6. The fraction of sp³-hybridized carbons (Fsp3) is 0.333. The van der Waals surface area contributed by atoms with Crippen molar-refractivity contribution in [1.29, 1.82) is 0 Å². The van der Waals surface area contributed by atoms with Crippen LogP contribution in [0.3, 0.4) is 0 Å². The Hall–Kier alpha value is -2.80. The fourth-order valence-electron chi connectivity index (χ4n) is 2.99. The zero-order valence-corrected chi connectivity index (χ0v) is 15.0. The first-order valence-corrected chi connectivity index (χ1v) is 9.11. The number of aromatic nitrogens is 2. The highest BCUT2D eigenvalue weighted by Gasteiger charge is 2.44. The molecule has 1 aromatic heterocycles. The van der Waals surface area contributed by atoms with Gasteiger partial charge in [0.1, 0.15) is 0 Å². The van der Waals surface area contributed by atoms with Gasteiger partial charge in [-0.1, -0.05) is 6.07 Å². The lowest BCUT2D eigenvalue weighted by Gasteiger charge is -2.22. The lowest BCUT2D eigenvalue weighted by atomic mass is 10.0. The molecule has 3 atom stereocenters. The molecule has 1 fully saturated rings. The molecule has 1 aromatic carbocycles. The van der Waals surface area contributed by atoms with Crippen molar-refractivity contribution in [3.63, 3.8) is 0 Å². The van der Waals surface area contributed by atoms with Gasteiger partial charge in [0, 0.05) is 28.7 Å². The number of anilines is 1. The summed E-state index contributed by atoms with van der Waals surface area (Å²) in [5.74, 6) is -2.16. The number of halogens is 3. The predicted molar refractivity (Wildman–Crippen MR) is 94.5 cm³/mol. The SMILES string of the molecule is NC(=O)C1CC1c1cc(-c2ccc(C(F)F)c(N(CN=O)S(N)=O)c2F)n[nH]1. The Morgan fingerprint density at radius 3 is 2.71 bits per heavy atom. The summed E-state index contributed by atoms with van der Waals surface area (Å²) in [5.41, 5.74) is 4.09. The molecule has 28 heavy (non-hydrogen) atoms. The third-order valence-electron chi connectivity index (χ3n) is 4.46. The van der Waals surface area contributed by atoms with Crippen molar-refractivity contribution in [2.24, 2.45) is 22.0 Å². The molecule has 5 N–H and O–H groups in total. The molecular formula is C15H15F3N6O3S. The quantitative estimate of drug-likeness (QED) is 0.563. The monoisotopic (exact) mass is 416 g/mol. The molecule has 0 saturated heterocycles. The number of nitroso groups, excluding NO2 is 1. The van der Waals surface area contributed by atoms with E-state index in [0.717, 1.165) is 12.1 Å². The smallest absolute Gasteiger partial charge is 0.265 e. The maximum atomic E-state index is 15.1. The molecule has 9 nitrogen and oxygen atoms in total. The van der Waals surface area contributed by atoms with Crippen molar-refractivity contribution < 1.29 is 22.2 Å². The minimum absolute atomic E-state index is 0.0755.